The molecule has 2 aromatic heterocycles. The van der Waals surface area contributed by atoms with E-state index in [0.29, 0.717) is 17.7 Å². The molecule has 0 aromatic carbocycles. The average Bonchev–Trinajstić information content (AvgIpc) is 3.12. The lowest BCUT2D eigenvalue weighted by molar-refractivity contribution is -0.136. The van der Waals surface area contributed by atoms with Crippen LogP contribution in [0.4, 0.5) is 0 Å². The Balaban J connectivity index is 1.50. The Hall–Kier alpha value is -1.69. The van der Waals surface area contributed by atoms with Crippen molar-refractivity contribution in [3.05, 3.63) is 16.8 Å². The van der Waals surface area contributed by atoms with E-state index in [2.05, 4.69) is 23.8 Å². The summed E-state index contributed by atoms with van der Waals surface area (Å²) in [5.74, 6) is 1.75. The van der Waals surface area contributed by atoms with Crippen molar-refractivity contribution < 1.29 is 9.53 Å². The van der Waals surface area contributed by atoms with Gasteiger partial charge in [-0.2, -0.15) is 0 Å². The van der Waals surface area contributed by atoms with E-state index in [9.17, 15) is 4.79 Å². The highest BCUT2D eigenvalue weighted by Gasteiger charge is 2.26. The summed E-state index contributed by atoms with van der Waals surface area (Å²) in [5.41, 5.74) is 1.33. The van der Waals surface area contributed by atoms with Crippen LogP contribution in [0.1, 0.15) is 37.1 Å². The maximum Gasteiger partial charge on any atom is 0.260 e. The summed E-state index contributed by atoms with van der Waals surface area (Å²) in [6, 6.07) is 0. The molecular weight excluding hydrogens is 322 g/mol. The molecule has 4 rings (SSSR count). The van der Waals surface area contributed by atoms with Gasteiger partial charge < -0.3 is 9.64 Å². The molecule has 3 heterocycles. The number of carbonyl (C=O) groups is 1. The molecule has 1 aliphatic carbocycles. The molecule has 2 unspecified atom stereocenters. The van der Waals surface area contributed by atoms with Crippen LogP contribution in [0.3, 0.4) is 0 Å². The SMILES string of the molecule is CC1CC(C)CN(C(=O)COc2ncnc3sc4c(c23)CCC4)C1. The van der Waals surface area contributed by atoms with Gasteiger partial charge in [-0.15, -0.1) is 11.3 Å². The maximum atomic E-state index is 12.5. The van der Waals surface area contributed by atoms with Gasteiger partial charge in [0, 0.05) is 18.0 Å². The molecular formula is C18H23N3O2S. The smallest absolute Gasteiger partial charge is 0.260 e. The molecule has 6 heteroatoms. The number of likely N-dealkylation sites (tertiary alicyclic amines) is 1. The van der Waals surface area contributed by atoms with Gasteiger partial charge >= 0.3 is 0 Å². The van der Waals surface area contributed by atoms with Crippen molar-refractivity contribution in [3.8, 4) is 5.88 Å². The minimum atomic E-state index is 0.0621. The zero-order valence-corrected chi connectivity index (χ0v) is 15.1. The average molecular weight is 345 g/mol. The highest BCUT2D eigenvalue weighted by molar-refractivity contribution is 7.18. The van der Waals surface area contributed by atoms with Gasteiger partial charge in [-0.25, -0.2) is 9.97 Å². The lowest BCUT2D eigenvalue weighted by atomic mass is 9.92. The zero-order chi connectivity index (χ0) is 16.7. The van der Waals surface area contributed by atoms with Crippen molar-refractivity contribution in [2.75, 3.05) is 19.7 Å². The van der Waals surface area contributed by atoms with Crippen LogP contribution >= 0.6 is 11.3 Å². The molecule has 24 heavy (non-hydrogen) atoms. The summed E-state index contributed by atoms with van der Waals surface area (Å²) in [6.07, 6.45) is 6.11. The summed E-state index contributed by atoms with van der Waals surface area (Å²) in [5, 5.41) is 1.03. The number of carbonyl (C=O) groups excluding carboxylic acids is 1. The van der Waals surface area contributed by atoms with E-state index < -0.39 is 0 Å². The van der Waals surface area contributed by atoms with Crippen LogP contribution < -0.4 is 4.74 Å². The third kappa shape index (κ3) is 2.88. The molecule has 0 saturated carbocycles. The van der Waals surface area contributed by atoms with Gasteiger partial charge in [0.1, 0.15) is 11.2 Å². The van der Waals surface area contributed by atoms with Crippen LogP contribution in [0.5, 0.6) is 5.88 Å². The first-order chi connectivity index (χ1) is 11.6. The highest BCUT2D eigenvalue weighted by atomic mass is 32.1. The predicted molar refractivity (Wildman–Crippen MR) is 94.5 cm³/mol. The predicted octanol–water partition coefficient (Wildman–Crippen LogP) is 3.06. The largest absolute Gasteiger partial charge is 0.467 e. The van der Waals surface area contributed by atoms with Crippen molar-refractivity contribution in [1.29, 1.82) is 0 Å². The van der Waals surface area contributed by atoms with Crippen LogP contribution in [0, 0.1) is 11.8 Å². The molecule has 1 aliphatic heterocycles. The Kier molecular flexibility index (Phi) is 4.16. The first-order valence-corrected chi connectivity index (χ1v) is 9.59. The Labute approximate surface area is 146 Å². The number of hydrogen-bond acceptors (Lipinski definition) is 5. The van der Waals surface area contributed by atoms with E-state index in [1.807, 2.05) is 4.90 Å². The number of amides is 1. The summed E-state index contributed by atoms with van der Waals surface area (Å²) in [6.45, 7) is 6.15. The number of aromatic nitrogens is 2. The Morgan fingerprint density at radius 3 is 2.88 bits per heavy atom. The van der Waals surface area contributed by atoms with Gasteiger partial charge in [0.25, 0.3) is 5.91 Å². The Morgan fingerprint density at radius 1 is 1.29 bits per heavy atom. The van der Waals surface area contributed by atoms with Gasteiger partial charge in [-0.1, -0.05) is 13.8 Å². The van der Waals surface area contributed by atoms with Crippen LogP contribution in [-0.4, -0.2) is 40.5 Å². The van der Waals surface area contributed by atoms with Gasteiger partial charge in [0.05, 0.1) is 5.39 Å². The standard InChI is InChI=1S/C18H23N3O2S/c1-11-6-12(2)8-21(7-11)15(22)9-23-17-16-13-4-3-5-14(13)24-18(16)20-10-19-17/h10-12H,3-9H2,1-2H3. The van der Waals surface area contributed by atoms with Gasteiger partial charge in [-0.3, -0.25) is 4.79 Å². The molecule has 1 amide bonds. The molecule has 5 nitrogen and oxygen atoms in total. The third-order valence-corrected chi connectivity index (χ3v) is 6.22. The van der Waals surface area contributed by atoms with Crippen molar-refractivity contribution in [2.45, 2.75) is 39.5 Å². The molecule has 0 bridgehead atoms. The first kappa shape index (κ1) is 15.8. The number of aryl methyl sites for hydroxylation is 2. The number of ether oxygens (including phenoxy) is 1. The Bertz CT molecular complexity index is 763. The number of thiophene rings is 1. The molecule has 2 atom stereocenters. The van der Waals surface area contributed by atoms with Crippen LogP contribution in [0.2, 0.25) is 0 Å². The summed E-state index contributed by atoms with van der Waals surface area (Å²) in [7, 11) is 0. The maximum absolute atomic E-state index is 12.5. The number of fused-ring (bicyclic) bond motifs is 3. The van der Waals surface area contributed by atoms with Crippen molar-refractivity contribution >= 4 is 27.5 Å². The molecule has 0 spiro atoms. The number of nitrogens with zero attached hydrogens (tertiary/aromatic N) is 3. The molecule has 128 valence electrons. The molecule has 1 fully saturated rings. The molecule has 1 saturated heterocycles. The third-order valence-electron chi connectivity index (χ3n) is 5.02. The second kappa shape index (κ2) is 6.31. The quantitative estimate of drug-likeness (QED) is 0.858. The number of rotatable bonds is 3. The fourth-order valence-electron chi connectivity index (χ4n) is 4.10. The van der Waals surface area contributed by atoms with E-state index in [0.717, 1.165) is 36.1 Å². The second-order valence-corrected chi connectivity index (χ2v) is 8.33. The van der Waals surface area contributed by atoms with Crippen molar-refractivity contribution in [3.63, 3.8) is 0 Å². The zero-order valence-electron chi connectivity index (χ0n) is 14.2. The second-order valence-electron chi connectivity index (χ2n) is 7.25. The van der Waals surface area contributed by atoms with Crippen LogP contribution in [0.15, 0.2) is 6.33 Å². The van der Waals surface area contributed by atoms with Gasteiger partial charge in [-0.05, 0) is 43.1 Å². The fourth-order valence-corrected chi connectivity index (χ4v) is 5.32. The minimum Gasteiger partial charge on any atom is -0.467 e. The summed E-state index contributed by atoms with van der Waals surface area (Å²) in [4.78, 5) is 25.5. The normalized spacial score (nSPS) is 23.5. The van der Waals surface area contributed by atoms with Crippen LogP contribution in [0.25, 0.3) is 10.2 Å². The Morgan fingerprint density at radius 2 is 2.08 bits per heavy atom. The lowest BCUT2D eigenvalue weighted by Crippen LogP contribution is -2.44. The van der Waals surface area contributed by atoms with E-state index in [1.54, 1.807) is 17.7 Å². The molecule has 2 aromatic rings. The van der Waals surface area contributed by atoms with E-state index in [-0.39, 0.29) is 12.5 Å². The molecule has 2 aliphatic rings. The van der Waals surface area contributed by atoms with Gasteiger partial charge in [0.15, 0.2) is 6.61 Å². The summed E-state index contributed by atoms with van der Waals surface area (Å²) < 4.78 is 5.85. The molecule has 0 radical (unpaired) electrons. The van der Waals surface area contributed by atoms with E-state index in [1.165, 1.54) is 23.3 Å². The lowest BCUT2D eigenvalue weighted by Gasteiger charge is -2.34. The number of hydrogen-bond donors (Lipinski definition) is 0. The van der Waals surface area contributed by atoms with Crippen LogP contribution in [-0.2, 0) is 17.6 Å². The topological polar surface area (TPSA) is 55.3 Å². The highest BCUT2D eigenvalue weighted by Crippen LogP contribution is 2.39. The fraction of sp³-hybridized carbons (Fsp3) is 0.611. The first-order valence-electron chi connectivity index (χ1n) is 8.77. The van der Waals surface area contributed by atoms with E-state index >= 15 is 0 Å². The monoisotopic (exact) mass is 345 g/mol. The van der Waals surface area contributed by atoms with Gasteiger partial charge in [0.2, 0.25) is 5.88 Å². The molecule has 0 N–H and O–H groups in total. The van der Waals surface area contributed by atoms with Crippen molar-refractivity contribution in [2.24, 2.45) is 11.8 Å². The van der Waals surface area contributed by atoms with E-state index in [4.69, 9.17) is 4.74 Å². The minimum absolute atomic E-state index is 0.0621. The summed E-state index contributed by atoms with van der Waals surface area (Å²) >= 11 is 1.74. The van der Waals surface area contributed by atoms with Crippen molar-refractivity contribution in [1.82, 2.24) is 14.9 Å². The number of piperidine rings is 1.